The number of fused-ring (bicyclic) bond motifs is 1. The predicted molar refractivity (Wildman–Crippen MR) is 129 cm³/mol. The Bertz CT molecular complexity index is 1420. The minimum Gasteiger partial charge on any atom is -0.497 e. The Morgan fingerprint density at radius 1 is 0.758 bits per heavy atom. The molecule has 0 heterocycles. The number of amides is 1. The van der Waals surface area contributed by atoms with E-state index in [-0.39, 0.29) is 10.8 Å². The van der Waals surface area contributed by atoms with E-state index in [1.54, 1.807) is 86.0 Å². The molecule has 4 rings (SSSR count). The predicted octanol–water partition coefficient (Wildman–Crippen LogP) is 4.91. The van der Waals surface area contributed by atoms with Crippen molar-refractivity contribution in [2.24, 2.45) is 0 Å². The van der Waals surface area contributed by atoms with Crippen molar-refractivity contribution >= 4 is 38.1 Å². The maximum atomic E-state index is 13.2. The van der Waals surface area contributed by atoms with Crippen LogP contribution in [0.5, 0.6) is 11.5 Å². The molecule has 0 atom stereocenters. The van der Waals surface area contributed by atoms with Crippen LogP contribution in [0.1, 0.15) is 10.4 Å². The van der Waals surface area contributed by atoms with E-state index < -0.39 is 10.0 Å². The number of anilines is 2. The molecule has 7 nitrogen and oxygen atoms in total. The third-order valence-electron chi connectivity index (χ3n) is 5.12. The van der Waals surface area contributed by atoms with Crippen LogP contribution in [0.25, 0.3) is 10.8 Å². The van der Waals surface area contributed by atoms with Crippen molar-refractivity contribution in [3.63, 3.8) is 0 Å². The molecule has 0 aromatic heterocycles. The number of sulfonamides is 1. The highest BCUT2D eigenvalue weighted by atomic mass is 32.2. The van der Waals surface area contributed by atoms with Gasteiger partial charge in [-0.25, -0.2) is 8.42 Å². The number of methoxy groups -OCH3 is 2. The largest absolute Gasteiger partial charge is 0.497 e. The fraction of sp³-hybridized carbons (Fsp3) is 0.0800. The molecule has 0 unspecified atom stereocenters. The van der Waals surface area contributed by atoms with Gasteiger partial charge in [-0.2, -0.15) is 0 Å². The van der Waals surface area contributed by atoms with Crippen molar-refractivity contribution < 1.29 is 22.7 Å². The van der Waals surface area contributed by atoms with E-state index in [0.29, 0.717) is 39.2 Å². The van der Waals surface area contributed by atoms with Gasteiger partial charge in [0.05, 0.1) is 24.7 Å². The van der Waals surface area contributed by atoms with Crippen molar-refractivity contribution in [1.29, 1.82) is 0 Å². The molecule has 168 valence electrons. The van der Waals surface area contributed by atoms with Crippen molar-refractivity contribution in [2.45, 2.75) is 4.90 Å². The van der Waals surface area contributed by atoms with Gasteiger partial charge in [-0.15, -0.1) is 0 Å². The molecular weight excluding hydrogens is 440 g/mol. The van der Waals surface area contributed by atoms with Crippen LogP contribution in [-0.4, -0.2) is 28.5 Å². The second-order valence-corrected chi connectivity index (χ2v) is 8.80. The van der Waals surface area contributed by atoms with E-state index in [4.69, 9.17) is 9.47 Å². The number of benzene rings is 4. The molecule has 33 heavy (non-hydrogen) atoms. The standard InChI is InChI=1S/C25H22N2O5S/c1-31-18-13-11-17(12-14-18)27-33(29,30)24-16-15-22(19-7-3-4-8-20(19)24)26-25(28)21-9-5-6-10-23(21)32-2/h3-16,27H,1-2H3,(H,26,28). The second kappa shape index (κ2) is 9.22. The SMILES string of the molecule is COc1ccc(NS(=O)(=O)c2ccc(NC(=O)c3ccccc3OC)c3ccccc23)cc1. The molecule has 0 aliphatic carbocycles. The molecule has 1 amide bonds. The Kier molecular flexibility index (Phi) is 6.19. The van der Waals surface area contributed by atoms with Crippen molar-refractivity contribution in [3.8, 4) is 11.5 Å². The minimum atomic E-state index is -3.89. The van der Waals surface area contributed by atoms with E-state index in [1.807, 2.05) is 0 Å². The van der Waals surface area contributed by atoms with Gasteiger partial charge in [-0.1, -0.05) is 36.4 Å². The Morgan fingerprint density at radius 2 is 1.42 bits per heavy atom. The average Bonchev–Trinajstić information content (AvgIpc) is 2.84. The average molecular weight is 463 g/mol. The first-order chi connectivity index (χ1) is 15.9. The van der Waals surface area contributed by atoms with E-state index in [2.05, 4.69) is 10.0 Å². The van der Waals surface area contributed by atoms with Crippen molar-refractivity contribution in [2.75, 3.05) is 24.3 Å². The molecule has 4 aromatic rings. The fourth-order valence-corrected chi connectivity index (χ4v) is 4.78. The van der Waals surface area contributed by atoms with Crippen LogP contribution < -0.4 is 19.5 Å². The highest BCUT2D eigenvalue weighted by Crippen LogP contribution is 2.31. The maximum absolute atomic E-state index is 13.2. The van der Waals surface area contributed by atoms with Gasteiger partial charge < -0.3 is 14.8 Å². The lowest BCUT2D eigenvalue weighted by atomic mass is 10.1. The zero-order chi connectivity index (χ0) is 23.4. The zero-order valence-corrected chi connectivity index (χ0v) is 18.8. The molecular formula is C25H22N2O5S. The van der Waals surface area contributed by atoms with Crippen LogP contribution in [0.4, 0.5) is 11.4 Å². The lowest BCUT2D eigenvalue weighted by Gasteiger charge is -2.15. The molecule has 0 fully saturated rings. The molecule has 0 spiro atoms. The summed E-state index contributed by atoms with van der Waals surface area (Å²) in [5, 5.41) is 3.95. The zero-order valence-electron chi connectivity index (χ0n) is 18.0. The van der Waals surface area contributed by atoms with Crippen LogP contribution in [0, 0.1) is 0 Å². The molecule has 0 aliphatic heterocycles. The van der Waals surface area contributed by atoms with E-state index in [9.17, 15) is 13.2 Å². The highest BCUT2D eigenvalue weighted by molar-refractivity contribution is 7.93. The third kappa shape index (κ3) is 4.61. The summed E-state index contributed by atoms with van der Waals surface area (Å²) in [6, 6.07) is 23.5. The number of ether oxygens (including phenoxy) is 2. The summed E-state index contributed by atoms with van der Waals surface area (Å²) in [7, 11) is -0.853. The Labute approximate surface area is 192 Å². The van der Waals surface area contributed by atoms with E-state index >= 15 is 0 Å². The number of hydrogen-bond donors (Lipinski definition) is 2. The summed E-state index contributed by atoms with van der Waals surface area (Å²) < 4.78 is 39.3. The minimum absolute atomic E-state index is 0.101. The topological polar surface area (TPSA) is 93.7 Å². The first-order valence-corrected chi connectivity index (χ1v) is 11.5. The van der Waals surface area contributed by atoms with Gasteiger partial charge in [0.25, 0.3) is 15.9 Å². The number of carbonyl (C=O) groups is 1. The second-order valence-electron chi connectivity index (χ2n) is 7.15. The lowest BCUT2D eigenvalue weighted by Crippen LogP contribution is -2.15. The molecule has 8 heteroatoms. The maximum Gasteiger partial charge on any atom is 0.262 e. The van der Waals surface area contributed by atoms with Crippen LogP contribution >= 0.6 is 0 Å². The van der Waals surface area contributed by atoms with Crippen LogP contribution in [-0.2, 0) is 10.0 Å². The van der Waals surface area contributed by atoms with Gasteiger partial charge in [-0.3, -0.25) is 9.52 Å². The molecule has 0 saturated heterocycles. The summed E-state index contributed by atoms with van der Waals surface area (Å²) in [4.78, 5) is 13.0. The molecule has 0 saturated carbocycles. The van der Waals surface area contributed by atoms with E-state index in [0.717, 1.165) is 0 Å². The summed E-state index contributed by atoms with van der Waals surface area (Å²) in [6.07, 6.45) is 0. The van der Waals surface area contributed by atoms with Gasteiger partial charge in [0, 0.05) is 22.1 Å². The summed E-state index contributed by atoms with van der Waals surface area (Å²) in [5.74, 6) is 0.713. The first-order valence-electron chi connectivity index (χ1n) is 10.1. The molecule has 4 aromatic carbocycles. The molecule has 0 bridgehead atoms. The van der Waals surface area contributed by atoms with Gasteiger partial charge in [-0.05, 0) is 48.5 Å². The quantitative estimate of drug-likeness (QED) is 0.407. The number of rotatable bonds is 7. The normalized spacial score (nSPS) is 11.1. The Hall–Kier alpha value is -4.04. The van der Waals surface area contributed by atoms with Crippen molar-refractivity contribution in [3.05, 3.63) is 90.5 Å². The van der Waals surface area contributed by atoms with Crippen molar-refractivity contribution in [1.82, 2.24) is 0 Å². The smallest absolute Gasteiger partial charge is 0.262 e. The Morgan fingerprint density at radius 3 is 2.12 bits per heavy atom. The Balaban J connectivity index is 1.69. The monoisotopic (exact) mass is 462 g/mol. The first kappa shape index (κ1) is 22.2. The lowest BCUT2D eigenvalue weighted by molar-refractivity contribution is 0.102. The van der Waals surface area contributed by atoms with Crippen LogP contribution in [0.15, 0.2) is 89.8 Å². The van der Waals surface area contributed by atoms with Gasteiger partial charge in [0.2, 0.25) is 0 Å². The number of para-hydroxylation sites is 1. The summed E-state index contributed by atoms with van der Waals surface area (Å²) in [6.45, 7) is 0. The third-order valence-corrected chi connectivity index (χ3v) is 6.56. The van der Waals surface area contributed by atoms with E-state index in [1.165, 1.54) is 13.2 Å². The van der Waals surface area contributed by atoms with Crippen LogP contribution in [0.2, 0.25) is 0 Å². The molecule has 0 aliphatic rings. The number of nitrogens with one attached hydrogen (secondary N) is 2. The van der Waals surface area contributed by atoms with Gasteiger partial charge in [0.15, 0.2) is 0 Å². The van der Waals surface area contributed by atoms with Gasteiger partial charge >= 0.3 is 0 Å². The highest BCUT2D eigenvalue weighted by Gasteiger charge is 2.20. The molecule has 2 N–H and O–H groups in total. The summed E-state index contributed by atoms with van der Waals surface area (Å²) >= 11 is 0. The van der Waals surface area contributed by atoms with Gasteiger partial charge in [0.1, 0.15) is 11.5 Å². The fourth-order valence-electron chi connectivity index (χ4n) is 3.51. The number of carbonyl (C=O) groups excluding carboxylic acids is 1. The number of hydrogen-bond acceptors (Lipinski definition) is 5. The van der Waals surface area contributed by atoms with Crippen LogP contribution in [0.3, 0.4) is 0 Å². The molecule has 0 radical (unpaired) electrons. The summed E-state index contributed by atoms with van der Waals surface area (Å²) in [5.41, 5.74) is 1.28.